The Kier molecular flexibility index (Phi) is 2.63. The van der Waals surface area contributed by atoms with Crippen molar-refractivity contribution in [3.05, 3.63) is 12.2 Å². The number of rotatable bonds is 3. The van der Waals surface area contributed by atoms with E-state index >= 15 is 0 Å². The maximum Gasteiger partial charge on any atom is 0.120 e. The molecule has 1 aliphatic heterocycles. The maximum atomic E-state index is 9.97. The molecule has 0 aliphatic carbocycles. The molecule has 0 unspecified atom stereocenters. The minimum Gasteiger partial charge on any atom is -0.374 e. The van der Waals surface area contributed by atoms with Crippen LogP contribution in [0.5, 0.6) is 0 Å². The van der Waals surface area contributed by atoms with E-state index in [9.17, 15) is 4.79 Å². The van der Waals surface area contributed by atoms with Crippen molar-refractivity contribution in [2.75, 3.05) is 6.61 Å². The van der Waals surface area contributed by atoms with Gasteiger partial charge in [-0.25, -0.2) is 0 Å². The highest BCUT2D eigenvalue weighted by Crippen LogP contribution is 2.19. The molecule has 0 amide bonds. The minimum atomic E-state index is 0.262. The molecule has 0 aromatic carbocycles. The average molecular weight is 140 g/mol. The van der Waals surface area contributed by atoms with Crippen LogP contribution in [0.1, 0.15) is 19.3 Å². The molecule has 0 saturated carbocycles. The molecule has 1 atom stereocenters. The molecule has 56 valence electrons. The summed E-state index contributed by atoms with van der Waals surface area (Å²) >= 11 is 0. The Morgan fingerprint density at radius 2 is 2.60 bits per heavy atom. The van der Waals surface area contributed by atoms with E-state index in [4.69, 9.17) is 4.74 Å². The zero-order chi connectivity index (χ0) is 7.40. The van der Waals surface area contributed by atoms with Crippen molar-refractivity contribution < 1.29 is 9.53 Å². The molecular formula is C8H12O2. The van der Waals surface area contributed by atoms with Crippen LogP contribution in [0.4, 0.5) is 0 Å². The molecule has 0 aromatic heterocycles. The van der Waals surface area contributed by atoms with E-state index in [0.29, 0.717) is 13.0 Å². The van der Waals surface area contributed by atoms with Gasteiger partial charge < -0.3 is 9.53 Å². The SMILES string of the molecule is C=C1CO[C@@H](CCC=O)C1. The Bertz CT molecular complexity index is 140. The van der Waals surface area contributed by atoms with Crippen molar-refractivity contribution >= 4 is 6.29 Å². The van der Waals surface area contributed by atoms with Crippen molar-refractivity contribution in [1.29, 1.82) is 0 Å². The third-order valence-electron chi connectivity index (χ3n) is 1.65. The van der Waals surface area contributed by atoms with E-state index < -0.39 is 0 Å². The van der Waals surface area contributed by atoms with E-state index in [2.05, 4.69) is 6.58 Å². The van der Waals surface area contributed by atoms with Crippen LogP contribution in [0.3, 0.4) is 0 Å². The molecule has 1 rings (SSSR count). The second-order valence-corrected chi connectivity index (χ2v) is 2.63. The number of ether oxygens (including phenoxy) is 1. The fraction of sp³-hybridized carbons (Fsp3) is 0.625. The van der Waals surface area contributed by atoms with E-state index in [0.717, 1.165) is 24.7 Å². The fourth-order valence-electron chi connectivity index (χ4n) is 1.11. The van der Waals surface area contributed by atoms with Crippen molar-refractivity contribution in [1.82, 2.24) is 0 Å². The Morgan fingerprint density at radius 3 is 3.10 bits per heavy atom. The first-order chi connectivity index (χ1) is 4.83. The highest BCUT2D eigenvalue weighted by molar-refractivity contribution is 5.49. The molecule has 2 nitrogen and oxygen atoms in total. The minimum absolute atomic E-state index is 0.262. The number of hydrogen-bond acceptors (Lipinski definition) is 2. The normalized spacial score (nSPS) is 25.2. The second-order valence-electron chi connectivity index (χ2n) is 2.63. The number of aldehydes is 1. The zero-order valence-electron chi connectivity index (χ0n) is 6.01. The standard InChI is InChI=1S/C8H12O2/c1-7-5-8(10-6-7)3-2-4-9/h4,8H,1-3,5-6H2/t8-/m0/s1. The molecule has 1 aliphatic rings. The summed E-state index contributed by atoms with van der Waals surface area (Å²) in [6, 6.07) is 0. The van der Waals surface area contributed by atoms with Gasteiger partial charge >= 0.3 is 0 Å². The Hall–Kier alpha value is -0.630. The Morgan fingerprint density at radius 1 is 1.80 bits per heavy atom. The van der Waals surface area contributed by atoms with Crippen molar-refractivity contribution in [3.63, 3.8) is 0 Å². The van der Waals surface area contributed by atoms with Crippen LogP contribution >= 0.6 is 0 Å². The van der Waals surface area contributed by atoms with Gasteiger partial charge in [0.25, 0.3) is 0 Å². The summed E-state index contributed by atoms with van der Waals surface area (Å²) in [5.74, 6) is 0. The summed E-state index contributed by atoms with van der Waals surface area (Å²) in [5.41, 5.74) is 1.15. The van der Waals surface area contributed by atoms with Gasteiger partial charge in [-0.05, 0) is 18.4 Å². The summed E-state index contributed by atoms with van der Waals surface area (Å²) in [6.45, 7) is 4.48. The molecule has 0 N–H and O–H groups in total. The quantitative estimate of drug-likeness (QED) is 0.436. The van der Waals surface area contributed by atoms with Gasteiger partial charge in [-0.1, -0.05) is 6.58 Å². The maximum absolute atomic E-state index is 9.97. The van der Waals surface area contributed by atoms with E-state index in [1.807, 2.05) is 0 Å². The van der Waals surface area contributed by atoms with Crippen molar-refractivity contribution in [3.8, 4) is 0 Å². The van der Waals surface area contributed by atoms with Crippen LogP contribution in [-0.2, 0) is 9.53 Å². The Labute approximate surface area is 60.9 Å². The lowest BCUT2D eigenvalue weighted by Crippen LogP contribution is -2.03. The summed E-state index contributed by atoms with van der Waals surface area (Å²) in [6.07, 6.45) is 3.59. The second kappa shape index (κ2) is 3.52. The molecule has 2 heteroatoms. The molecule has 10 heavy (non-hydrogen) atoms. The van der Waals surface area contributed by atoms with Gasteiger partial charge in [-0.2, -0.15) is 0 Å². The monoisotopic (exact) mass is 140 g/mol. The summed E-state index contributed by atoms with van der Waals surface area (Å²) in [4.78, 5) is 9.97. The number of carbonyl (C=O) groups excluding carboxylic acids is 1. The van der Waals surface area contributed by atoms with Crippen LogP contribution in [0.2, 0.25) is 0 Å². The lowest BCUT2D eigenvalue weighted by molar-refractivity contribution is -0.108. The molecule has 0 spiro atoms. The first kappa shape index (κ1) is 7.48. The van der Waals surface area contributed by atoms with Gasteiger partial charge in [0.1, 0.15) is 6.29 Å². The number of carbonyl (C=O) groups is 1. The van der Waals surface area contributed by atoms with Gasteiger partial charge in [0.2, 0.25) is 0 Å². The molecular weight excluding hydrogens is 128 g/mol. The van der Waals surface area contributed by atoms with Crippen molar-refractivity contribution in [2.24, 2.45) is 0 Å². The van der Waals surface area contributed by atoms with E-state index in [1.165, 1.54) is 0 Å². The zero-order valence-corrected chi connectivity index (χ0v) is 6.01. The topological polar surface area (TPSA) is 26.3 Å². The lowest BCUT2D eigenvalue weighted by atomic mass is 10.1. The molecule has 0 aromatic rings. The van der Waals surface area contributed by atoms with Gasteiger partial charge in [0.05, 0.1) is 12.7 Å². The summed E-state index contributed by atoms with van der Waals surface area (Å²) in [7, 11) is 0. The fourth-order valence-corrected chi connectivity index (χ4v) is 1.11. The lowest BCUT2D eigenvalue weighted by Gasteiger charge is -2.03. The summed E-state index contributed by atoms with van der Waals surface area (Å²) < 4.78 is 5.31. The van der Waals surface area contributed by atoms with Gasteiger partial charge in [-0.15, -0.1) is 0 Å². The Balaban J connectivity index is 2.18. The van der Waals surface area contributed by atoms with Crippen LogP contribution in [0.25, 0.3) is 0 Å². The van der Waals surface area contributed by atoms with Crippen molar-refractivity contribution in [2.45, 2.75) is 25.4 Å². The predicted molar refractivity (Wildman–Crippen MR) is 38.8 cm³/mol. The van der Waals surface area contributed by atoms with Crippen LogP contribution in [-0.4, -0.2) is 19.0 Å². The predicted octanol–water partition coefficient (Wildman–Crippen LogP) is 1.31. The van der Waals surface area contributed by atoms with Gasteiger partial charge in [0.15, 0.2) is 0 Å². The third-order valence-corrected chi connectivity index (χ3v) is 1.65. The molecule has 1 heterocycles. The highest BCUT2D eigenvalue weighted by Gasteiger charge is 2.17. The van der Waals surface area contributed by atoms with E-state index in [1.54, 1.807) is 0 Å². The van der Waals surface area contributed by atoms with Crippen LogP contribution < -0.4 is 0 Å². The largest absolute Gasteiger partial charge is 0.374 e. The first-order valence-corrected chi connectivity index (χ1v) is 3.55. The third kappa shape index (κ3) is 1.95. The molecule has 1 fully saturated rings. The summed E-state index contributed by atoms with van der Waals surface area (Å²) in [5, 5.41) is 0. The highest BCUT2D eigenvalue weighted by atomic mass is 16.5. The molecule has 0 radical (unpaired) electrons. The average Bonchev–Trinajstić information content (AvgIpc) is 2.31. The van der Waals surface area contributed by atoms with Gasteiger partial charge in [0, 0.05) is 6.42 Å². The molecule has 0 bridgehead atoms. The molecule has 1 saturated heterocycles. The van der Waals surface area contributed by atoms with Gasteiger partial charge in [-0.3, -0.25) is 0 Å². The van der Waals surface area contributed by atoms with E-state index in [-0.39, 0.29) is 6.10 Å². The van der Waals surface area contributed by atoms with Crippen LogP contribution in [0.15, 0.2) is 12.2 Å². The smallest absolute Gasteiger partial charge is 0.120 e. The van der Waals surface area contributed by atoms with Crippen LogP contribution in [0, 0.1) is 0 Å². The number of hydrogen-bond donors (Lipinski definition) is 0. The first-order valence-electron chi connectivity index (χ1n) is 3.55.